The molecule has 29 heavy (non-hydrogen) atoms. The molecule has 0 radical (unpaired) electrons. The highest BCUT2D eigenvalue weighted by molar-refractivity contribution is 7.92. The van der Waals surface area contributed by atoms with Crippen molar-refractivity contribution in [2.75, 3.05) is 10.0 Å². The summed E-state index contributed by atoms with van der Waals surface area (Å²) in [6.07, 6.45) is 1.52. The molecule has 0 atom stereocenters. The first-order chi connectivity index (χ1) is 13.7. The van der Waals surface area contributed by atoms with Crippen molar-refractivity contribution in [3.63, 3.8) is 0 Å². The molecule has 1 aromatic heterocycles. The van der Waals surface area contributed by atoms with Gasteiger partial charge in [0.25, 0.3) is 10.0 Å². The molecule has 0 aliphatic carbocycles. The Hall–Kier alpha value is -3.37. The molecule has 3 rings (SSSR count). The minimum Gasteiger partial charge on any atom is -0.340 e. The molecule has 0 unspecified atom stereocenters. The van der Waals surface area contributed by atoms with Gasteiger partial charge in [-0.3, -0.25) is 4.72 Å². The summed E-state index contributed by atoms with van der Waals surface area (Å²) >= 11 is 0. The summed E-state index contributed by atoms with van der Waals surface area (Å²) in [4.78, 5) is 4.41. The van der Waals surface area contributed by atoms with E-state index in [0.717, 1.165) is 11.3 Å². The van der Waals surface area contributed by atoms with Crippen molar-refractivity contribution in [1.82, 2.24) is 4.98 Å². The standard InChI is InChI=1S/C22H22N4O2S/c1-22(2,3)17-6-10-20(11-7-17)29(27,28)26-19-12-13-24-21(14-19)25-18-8-4-16(15-23)5-9-18/h4-14H,1-3H3,(H2,24,25,26). The number of hydrogen-bond donors (Lipinski definition) is 2. The van der Waals surface area contributed by atoms with Gasteiger partial charge >= 0.3 is 0 Å². The lowest BCUT2D eigenvalue weighted by Crippen LogP contribution is -2.15. The van der Waals surface area contributed by atoms with E-state index in [0.29, 0.717) is 17.1 Å². The smallest absolute Gasteiger partial charge is 0.261 e. The second-order valence-electron chi connectivity index (χ2n) is 7.62. The fourth-order valence-corrected chi connectivity index (χ4v) is 3.74. The molecule has 0 bridgehead atoms. The topological polar surface area (TPSA) is 94.9 Å². The summed E-state index contributed by atoms with van der Waals surface area (Å²) in [7, 11) is -3.72. The number of hydrogen-bond acceptors (Lipinski definition) is 5. The Kier molecular flexibility index (Phi) is 5.57. The summed E-state index contributed by atoms with van der Waals surface area (Å²) in [5.41, 5.74) is 2.72. The number of nitriles is 1. The van der Waals surface area contributed by atoms with Crippen molar-refractivity contribution >= 4 is 27.2 Å². The Morgan fingerprint density at radius 3 is 2.17 bits per heavy atom. The van der Waals surface area contributed by atoms with Crippen LogP contribution in [0.3, 0.4) is 0 Å². The minimum absolute atomic E-state index is 0.0488. The van der Waals surface area contributed by atoms with Crippen LogP contribution in [0, 0.1) is 11.3 Å². The van der Waals surface area contributed by atoms with Gasteiger partial charge in [0.05, 0.1) is 22.2 Å². The molecule has 0 spiro atoms. The summed E-state index contributed by atoms with van der Waals surface area (Å²) in [6.45, 7) is 6.23. The van der Waals surface area contributed by atoms with Crippen LogP contribution in [0.1, 0.15) is 31.9 Å². The van der Waals surface area contributed by atoms with E-state index in [1.165, 1.54) is 6.20 Å². The maximum absolute atomic E-state index is 12.7. The Morgan fingerprint density at radius 1 is 0.931 bits per heavy atom. The third kappa shape index (κ3) is 5.12. The highest BCUT2D eigenvalue weighted by Gasteiger charge is 2.18. The maximum atomic E-state index is 12.7. The number of anilines is 3. The molecule has 0 aliphatic rings. The van der Waals surface area contributed by atoms with Crippen molar-refractivity contribution in [2.24, 2.45) is 0 Å². The summed E-state index contributed by atoms with van der Waals surface area (Å²) in [6, 6.07) is 19.0. The first-order valence-electron chi connectivity index (χ1n) is 9.04. The first kappa shape index (κ1) is 20.4. The van der Waals surface area contributed by atoms with Gasteiger partial charge in [-0.05, 0) is 53.4 Å². The predicted molar refractivity (Wildman–Crippen MR) is 115 cm³/mol. The number of sulfonamides is 1. The van der Waals surface area contributed by atoms with Gasteiger partial charge < -0.3 is 5.32 Å². The van der Waals surface area contributed by atoms with Crippen molar-refractivity contribution in [3.8, 4) is 6.07 Å². The monoisotopic (exact) mass is 406 g/mol. The van der Waals surface area contributed by atoms with E-state index in [-0.39, 0.29) is 10.3 Å². The lowest BCUT2D eigenvalue weighted by atomic mass is 9.87. The van der Waals surface area contributed by atoms with Crippen LogP contribution in [0.4, 0.5) is 17.2 Å². The van der Waals surface area contributed by atoms with Crippen LogP contribution in [-0.4, -0.2) is 13.4 Å². The van der Waals surface area contributed by atoms with Gasteiger partial charge in [0, 0.05) is 18.0 Å². The lowest BCUT2D eigenvalue weighted by Gasteiger charge is -2.19. The molecule has 3 aromatic rings. The van der Waals surface area contributed by atoms with Crippen LogP contribution >= 0.6 is 0 Å². The summed E-state index contributed by atoms with van der Waals surface area (Å²) in [5.74, 6) is 0.484. The van der Waals surface area contributed by atoms with E-state index in [9.17, 15) is 8.42 Å². The second kappa shape index (κ2) is 7.94. The normalized spacial score (nSPS) is 11.5. The Bertz CT molecular complexity index is 1140. The van der Waals surface area contributed by atoms with Crippen LogP contribution in [0.15, 0.2) is 71.8 Å². The highest BCUT2D eigenvalue weighted by atomic mass is 32.2. The van der Waals surface area contributed by atoms with E-state index in [1.807, 2.05) is 12.1 Å². The maximum Gasteiger partial charge on any atom is 0.261 e. The third-order valence-corrected chi connectivity index (χ3v) is 5.73. The molecule has 6 nitrogen and oxygen atoms in total. The van der Waals surface area contributed by atoms with Crippen molar-refractivity contribution in [1.29, 1.82) is 5.26 Å². The van der Waals surface area contributed by atoms with Gasteiger partial charge in [0.15, 0.2) is 0 Å². The number of pyridine rings is 1. The van der Waals surface area contributed by atoms with Crippen LogP contribution in [-0.2, 0) is 15.4 Å². The molecular weight excluding hydrogens is 384 g/mol. The lowest BCUT2D eigenvalue weighted by molar-refractivity contribution is 0.587. The molecule has 148 valence electrons. The van der Waals surface area contributed by atoms with Crippen LogP contribution < -0.4 is 10.0 Å². The van der Waals surface area contributed by atoms with Crippen LogP contribution in [0.2, 0.25) is 0 Å². The number of aromatic nitrogens is 1. The number of benzene rings is 2. The quantitative estimate of drug-likeness (QED) is 0.635. The van der Waals surface area contributed by atoms with Gasteiger partial charge in [-0.25, -0.2) is 13.4 Å². The summed E-state index contributed by atoms with van der Waals surface area (Å²) < 4.78 is 28.0. The molecule has 7 heteroatoms. The average molecular weight is 407 g/mol. The first-order valence-corrected chi connectivity index (χ1v) is 10.5. The molecule has 0 fully saturated rings. The summed E-state index contributed by atoms with van der Waals surface area (Å²) in [5, 5.41) is 12.0. The van der Waals surface area contributed by atoms with Crippen LogP contribution in [0.5, 0.6) is 0 Å². The molecule has 0 amide bonds. The van der Waals surface area contributed by atoms with E-state index < -0.39 is 10.0 Å². The zero-order chi connectivity index (χ0) is 21.1. The molecule has 1 heterocycles. The number of nitrogens with one attached hydrogen (secondary N) is 2. The van der Waals surface area contributed by atoms with Crippen molar-refractivity contribution in [2.45, 2.75) is 31.1 Å². The van der Waals surface area contributed by atoms with Gasteiger partial charge in [0.1, 0.15) is 5.82 Å². The number of nitrogens with zero attached hydrogens (tertiary/aromatic N) is 2. The Morgan fingerprint density at radius 2 is 1.59 bits per heavy atom. The van der Waals surface area contributed by atoms with E-state index in [2.05, 4.69) is 41.9 Å². The predicted octanol–water partition coefficient (Wildman–Crippen LogP) is 4.80. The fraction of sp³-hybridized carbons (Fsp3) is 0.182. The van der Waals surface area contributed by atoms with Gasteiger partial charge in [-0.2, -0.15) is 5.26 Å². The average Bonchev–Trinajstić information content (AvgIpc) is 2.68. The second-order valence-corrected chi connectivity index (χ2v) is 9.31. The largest absolute Gasteiger partial charge is 0.340 e. The van der Waals surface area contributed by atoms with E-state index >= 15 is 0 Å². The van der Waals surface area contributed by atoms with Crippen LogP contribution in [0.25, 0.3) is 0 Å². The Labute approximate surface area is 171 Å². The SMILES string of the molecule is CC(C)(C)c1ccc(S(=O)(=O)Nc2ccnc(Nc3ccc(C#N)cc3)c2)cc1. The van der Waals surface area contributed by atoms with E-state index in [1.54, 1.807) is 48.5 Å². The zero-order valence-electron chi connectivity index (χ0n) is 16.5. The fourth-order valence-electron chi connectivity index (χ4n) is 2.69. The Balaban J connectivity index is 1.77. The minimum atomic E-state index is -3.72. The molecular formula is C22H22N4O2S. The molecule has 0 saturated carbocycles. The zero-order valence-corrected chi connectivity index (χ0v) is 17.3. The van der Waals surface area contributed by atoms with Crippen molar-refractivity contribution in [3.05, 3.63) is 78.0 Å². The van der Waals surface area contributed by atoms with E-state index in [4.69, 9.17) is 5.26 Å². The van der Waals surface area contributed by atoms with Gasteiger partial charge in [0.2, 0.25) is 0 Å². The van der Waals surface area contributed by atoms with Gasteiger partial charge in [-0.1, -0.05) is 32.9 Å². The number of rotatable bonds is 5. The van der Waals surface area contributed by atoms with Crippen molar-refractivity contribution < 1.29 is 8.42 Å². The molecule has 0 saturated heterocycles. The van der Waals surface area contributed by atoms with Gasteiger partial charge in [-0.15, -0.1) is 0 Å². The third-order valence-electron chi connectivity index (χ3n) is 4.33. The molecule has 2 aromatic carbocycles. The highest BCUT2D eigenvalue weighted by Crippen LogP contribution is 2.25. The molecule has 2 N–H and O–H groups in total. The molecule has 0 aliphatic heterocycles.